The Hall–Kier alpha value is -2.12. The fourth-order valence-electron chi connectivity index (χ4n) is 3.43. The summed E-state index contributed by atoms with van der Waals surface area (Å²) in [5.74, 6) is 1.83. The number of hydrogen-bond donors (Lipinski definition) is 1. The predicted octanol–water partition coefficient (Wildman–Crippen LogP) is 3.03. The van der Waals surface area contributed by atoms with E-state index in [1.165, 1.54) is 0 Å². The van der Waals surface area contributed by atoms with Crippen molar-refractivity contribution in [2.24, 2.45) is 0 Å². The highest BCUT2D eigenvalue weighted by atomic mass is 32.2. The van der Waals surface area contributed by atoms with Gasteiger partial charge >= 0.3 is 0 Å². The van der Waals surface area contributed by atoms with Gasteiger partial charge in [0.15, 0.2) is 5.16 Å². The zero-order valence-electron chi connectivity index (χ0n) is 17.4. The van der Waals surface area contributed by atoms with Crippen molar-refractivity contribution in [2.75, 3.05) is 38.1 Å². The highest BCUT2D eigenvalue weighted by molar-refractivity contribution is 7.98. The minimum Gasteiger partial charge on any atom is -0.354 e. The molecule has 2 aromatic rings. The van der Waals surface area contributed by atoms with Crippen molar-refractivity contribution in [3.63, 3.8) is 0 Å². The van der Waals surface area contributed by atoms with Gasteiger partial charge in [-0.15, -0.1) is 0 Å². The van der Waals surface area contributed by atoms with E-state index in [1.54, 1.807) is 11.8 Å². The summed E-state index contributed by atoms with van der Waals surface area (Å²) in [6, 6.07) is 8.24. The van der Waals surface area contributed by atoms with Crippen LogP contribution >= 0.6 is 11.8 Å². The molecule has 4 rings (SSSR count). The van der Waals surface area contributed by atoms with Gasteiger partial charge in [0, 0.05) is 54.8 Å². The molecule has 0 spiro atoms. The number of likely N-dealkylation sites (N-methyl/N-ethyl adjacent to an activating group) is 1. The van der Waals surface area contributed by atoms with Crippen LogP contribution in [0.3, 0.4) is 0 Å². The third-order valence-corrected chi connectivity index (χ3v) is 6.53. The average Bonchev–Trinajstić information content (AvgIpc) is 3.54. The number of benzene rings is 1. The highest BCUT2D eigenvalue weighted by Crippen LogP contribution is 2.27. The normalized spacial score (nSPS) is 17.4. The number of nitrogens with one attached hydrogen (secondary N) is 1. The Morgan fingerprint density at radius 1 is 1.17 bits per heavy atom. The third-order valence-electron chi connectivity index (χ3n) is 5.62. The molecule has 1 N–H and O–H groups in total. The van der Waals surface area contributed by atoms with Gasteiger partial charge in [0.2, 0.25) is 0 Å². The molecule has 0 bridgehead atoms. The summed E-state index contributed by atoms with van der Waals surface area (Å²) >= 11 is 1.63. The maximum atomic E-state index is 12.3. The molecule has 0 radical (unpaired) electrons. The topological polar surface area (TPSA) is 61.4 Å². The molecule has 29 heavy (non-hydrogen) atoms. The van der Waals surface area contributed by atoms with Crippen LogP contribution in [0.5, 0.6) is 0 Å². The quantitative estimate of drug-likeness (QED) is 0.582. The molecule has 1 aliphatic carbocycles. The number of aryl methyl sites for hydroxylation is 1. The number of nitrogens with zero attached hydrogens (tertiary/aromatic N) is 4. The minimum absolute atomic E-state index is 0.0270. The van der Waals surface area contributed by atoms with E-state index >= 15 is 0 Å². The van der Waals surface area contributed by atoms with Gasteiger partial charge in [0.05, 0.1) is 0 Å². The molecule has 2 aliphatic rings. The standard InChI is InChI=1S/C22H29N5OS/c1-15-16(2)23-22(25-20(15)27-11-9-26(3)10-12-27)29-14-17-5-4-6-18(13-17)21(28)24-19-7-8-19/h4-6,13,19H,7-12,14H2,1-3H3,(H,24,28). The molecule has 1 aliphatic heterocycles. The summed E-state index contributed by atoms with van der Waals surface area (Å²) < 4.78 is 0. The predicted molar refractivity (Wildman–Crippen MR) is 118 cm³/mol. The molecule has 0 unspecified atom stereocenters. The Labute approximate surface area is 177 Å². The van der Waals surface area contributed by atoms with Crippen LogP contribution in [-0.2, 0) is 5.75 Å². The second-order valence-corrected chi connectivity index (χ2v) is 9.01. The number of piperazine rings is 1. The van der Waals surface area contributed by atoms with Gasteiger partial charge in [0.1, 0.15) is 5.82 Å². The van der Waals surface area contributed by atoms with Gasteiger partial charge in [-0.05, 0) is 51.4 Å². The number of aromatic nitrogens is 2. The molecule has 1 saturated carbocycles. The van der Waals surface area contributed by atoms with Gasteiger partial charge in [-0.1, -0.05) is 23.9 Å². The zero-order chi connectivity index (χ0) is 20.4. The molecule has 1 aromatic carbocycles. The summed E-state index contributed by atoms with van der Waals surface area (Å²) in [7, 11) is 2.16. The van der Waals surface area contributed by atoms with Crippen LogP contribution in [0.4, 0.5) is 5.82 Å². The largest absolute Gasteiger partial charge is 0.354 e. The SMILES string of the molecule is Cc1nc(SCc2cccc(C(=O)NC3CC3)c2)nc(N2CCN(C)CC2)c1C. The van der Waals surface area contributed by atoms with Gasteiger partial charge in [-0.25, -0.2) is 9.97 Å². The molecule has 0 atom stereocenters. The fourth-order valence-corrected chi connectivity index (χ4v) is 4.25. The molecule has 154 valence electrons. The van der Waals surface area contributed by atoms with Crippen molar-refractivity contribution in [3.05, 3.63) is 46.6 Å². The number of thioether (sulfide) groups is 1. The smallest absolute Gasteiger partial charge is 0.251 e. The van der Waals surface area contributed by atoms with Crippen molar-refractivity contribution in [3.8, 4) is 0 Å². The molecule has 6 nitrogen and oxygen atoms in total. The van der Waals surface area contributed by atoms with E-state index in [9.17, 15) is 4.79 Å². The maximum Gasteiger partial charge on any atom is 0.251 e. The lowest BCUT2D eigenvalue weighted by molar-refractivity contribution is 0.0951. The molecule has 1 saturated heterocycles. The summed E-state index contributed by atoms with van der Waals surface area (Å²) in [5, 5.41) is 3.85. The monoisotopic (exact) mass is 411 g/mol. The van der Waals surface area contributed by atoms with E-state index in [4.69, 9.17) is 9.97 Å². The van der Waals surface area contributed by atoms with Crippen LogP contribution in [-0.4, -0.2) is 60.0 Å². The van der Waals surface area contributed by atoms with E-state index in [1.807, 2.05) is 18.2 Å². The molecule has 7 heteroatoms. The number of hydrogen-bond acceptors (Lipinski definition) is 6. The van der Waals surface area contributed by atoms with Crippen molar-refractivity contribution >= 4 is 23.5 Å². The Morgan fingerprint density at radius 2 is 1.93 bits per heavy atom. The molecular formula is C22H29N5OS. The van der Waals surface area contributed by atoms with Crippen LogP contribution in [0.2, 0.25) is 0 Å². The number of carbonyl (C=O) groups is 1. The molecular weight excluding hydrogens is 382 g/mol. The molecule has 1 amide bonds. The van der Waals surface area contributed by atoms with Crippen LogP contribution in [0.1, 0.15) is 40.0 Å². The van der Waals surface area contributed by atoms with Crippen molar-refractivity contribution in [2.45, 2.75) is 43.6 Å². The first-order chi connectivity index (χ1) is 14.0. The lowest BCUT2D eigenvalue weighted by Gasteiger charge is -2.34. The fraction of sp³-hybridized carbons (Fsp3) is 0.500. The Bertz CT molecular complexity index is 891. The van der Waals surface area contributed by atoms with Crippen molar-refractivity contribution in [1.82, 2.24) is 20.2 Å². The number of anilines is 1. The van der Waals surface area contributed by atoms with E-state index in [0.717, 1.165) is 78.1 Å². The van der Waals surface area contributed by atoms with Crippen LogP contribution in [0.15, 0.2) is 29.4 Å². The third kappa shape index (κ3) is 5.08. The van der Waals surface area contributed by atoms with Gasteiger partial charge in [-0.3, -0.25) is 4.79 Å². The van der Waals surface area contributed by atoms with E-state index in [-0.39, 0.29) is 5.91 Å². The Morgan fingerprint density at radius 3 is 2.66 bits per heavy atom. The first-order valence-corrected chi connectivity index (χ1v) is 11.3. The van der Waals surface area contributed by atoms with Crippen LogP contribution < -0.4 is 10.2 Å². The van der Waals surface area contributed by atoms with E-state index < -0.39 is 0 Å². The second kappa shape index (κ2) is 8.71. The van der Waals surface area contributed by atoms with Gasteiger partial charge in [0.25, 0.3) is 5.91 Å². The first kappa shape index (κ1) is 20.2. The van der Waals surface area contributed by atoms with Gasteiger partial charge in [-0.2, -0.15) is 0 Å². The summed E-state index contributed by atoms with van der Waals surface area (Å²) in [6.07, 6.45) is 2.20. The Balaban J connectivity index is 1.45. The van der Waals surface area contributed by atoms with E-state index in [2.05, 4.69) is 42.1 Å². The molecule has 2 fully saturated rings. The first-order valence-electron chi connectivity index (χ1n) is 10.3. The lowest BCUT2D eigenvalue weighted by Crippen LogP contribution is -2.45. The summed E-state index contributed by atoms with van der Waals surface area (Å²) in [6.45, 7) is 8.27. The van der Waals surface area contributed by atoms with E-state index in [0.29, 0.717) is 6.04 Å². The average molecular weight is 412 g/mol. The summed E-state index contributed by atoms with van der Waals surface area (Å²) in [4.78, 5) is 26.6. The minimum atomic E-state index is 0.0270. The second-order valence-electron chi connectivity index (χ2n) is 8.07. The molecule has 2 heterocycles. The number of amides is 1. The maximum absolute atomic E-state index is 12.3. The zero-order valence-corrected chi connectivity index (χ0v) is 18.3. The van der Waals surface area contributed by atoms with Gasteiger partial charge < -0.3 is 15.1 Å². The Kier molecular flexibility index (Phi) is 6.06. The summed E-state index contributed by atoms with van der Waals surface area (Å²) in [5.41, 5.74) is 4.04. The van der Waals surface area contributed by atoms with Crippen LogP contribution in [0, 0.1) is 13.8 Å². The van der Waals surface area contributed by atoms with Crippen LogP contribution in [0.25, 0.3) is 0 Å². The lowest BCUT2D eigenvalue weighted by atomic mass is 10.1. The van der Waals surface area contributed by atoms with Crippen molar-refractivity contribution in [1.29, 1.82) is 0 Å². The number of rotatable bonds is 6. The molecule has 1 aromatic heterocycles. The number of carbonyl (C=O) groups excluding carboxylic acids is 1. The highest BCUT2D eigenvalue weighted by Gasteiger charge is 2.24. The van der Waals surface area contributed by atoms with Crippen molar-refractivity contribution < 1.29 is 4.79 Å².